The third-order valence-corrected chi connectivity index (χ3v) is 7.38. The molecule has 0 aromatic heterocycles. The smallest absolute Gasteiger partial charge is 0.169 e. The Morgan fingerprint density at radius 1 is 0.968 bits per heavy atom. The maximum Gasteiger partial charge on any atom is 0.169 e. The van der Waals surface area contributed by atoms with Crippen LogP contribution >= 0.6 is 0 Å². The number of ether oxygens (including phenoxy) is 1. The van der Waals surface area contributed by atoms with Crippen LogP contribution in [0.15, 0.2) is 54.1 Å². The number of carbonyl (C=O) groups excluding carboxylic acids is 1. The summed E-state index contributed by atoms with van der Waals surface area (Å²) in [5.41, 5.74) is 1.42. The quantitative estimate of drug-likeness (QED) is 0.626. The summed E-state index contributed by atoms with van der Waals surface area (Å²) in [5, 5.41) is 11.3. The van der Waals surface area contributed by atoms with Crippen molar-refractivity contribution in [2.75, 3.05) is 0 Å². The lowest BCUT2D eigenvalue weighted by molar-refractivity contribution is -0.323. The van der Waals surface area contributed by atoms with Crippen LogP contribution in [0.3, 0.4) is 0 Å². The molecule has 3 aliphatic rings. The summed E-state index contributed by atoms with van der Waals surface area (Å²) in [6.45, 7) is 0. The fraction of sp³-hybridized carbons (Fsp3) is 0.423. The van der Waals surface area contributed by atoms with Crippen molar-refractivity contribution in [1.82, 2.24) is 0 Å². The summed E-state index contributed by atoms with van der Waals surface area (Å²) in [6, 6.07) is 12.1. The number of rotatable bonds is 2. The van der Waals surface area contributed by atoms with E-state index in [0.717, 1.165) is 30.4 Å². The van der Waals surface area contributed by atoms with Gasteiger partial charge in [-0.15, -0.1) is 0 Å². The Hall–Kier alpha value is -2.37. The highest BCUT2D eigenvalue weighted by molar-refractivity contribution is 6.06. The highest BCUT2D eigenvalue weighted by atomic mass is 19.1. The Bertz CT molecular complexity index is 1010. The van der Waals surface area contributed by atoms with Crippen molar-refractivity contribution >= 4 is 11.9 Å². The molecule has 4 atom stereocenters. The second-order valence-electron chi connectivity index (χ2n) is 9.25. The van der Waals surface area contributed by atoms with E-state index in [1.54, 1.807) is 24.3 Å². The van der Waals surface area contributed by atoms with E-state index in [0.29, 0.717) is 31.3 Å². The van der Waals surface area contributed by atoms with Crippen molar-refractivity contribution in [1.29, 1.82) is 0 Å². The van der Waals surface area contributed by atoms with Gasteiger partial charge in [-0.1, -0.05) is 30.7 Å². The van der Waals surface area contributed by atoms with Crippen molar-refractivity contribution < 1.29 is 23.4 Å². The van der Waals surface area contributed by atoms with E-state index in [4.69, 9.17) is 4.74 Å². The number of carbonyl (C=O) groups is 1. The monoisotopic (exact) mass is 424 g/mol. The molecule has 1 heterocycles. The molecule has 1 spiro atoms. The molecule has 162 valence electrons. The van der Waals surface area contributed by atoms with E-state index in [9.17, 15) is 18.7 Å². The van der Waals surface area contributed by atoms with Gasteiger partial charge in [-0.2, -0.15) is 0 Å². The number of ketones is 1. The first-order valence-corrected chi connectivity index (χ1v) is 11.1. The van der Waals surface area contributed by atoms with Crippen LogP contribution in [0.25, 0.3) is 6.08 Å². The second kappa shape index (κ2) is 7.64. The SMILES string of the molecule is O=C1/C(=C/c2ccc(F)cc2)CC[C@]12C[C@@H]1CCCC[C@@]1(O)O[C@@H]2c1ccc(F)cc1. The van der Waals surface area contributed by atoms with E-state index in [1.807, 2.05) is 6.08 Å². The molecule has 5 heteroatoms. The Kier molecular flexibility index (Phi) is 5.06. The predicted molar refractivity (Wildman–Crippen MR) is 113 cm³/mol. The van der Waals surface area contributed by atoms with Crippen molar-refractivity contribution in [3.63, 3.8) is 0 Å². The molecule has 0 amide bonds. The molecule has 0 unspecified atom stereocenters. The fourth-order valence-corrected chi connectivity index (χ4v) is 5.75. The number of allylic oxidation sites excluding steroid dienone is 1. The lowest BCUT2D eigenvalue weighted by Gasteiger charge is -2.53. The minimum Gasteiger partial charge on any atom is -0.365 e. The molecule has 31 heavy (non-hydrogen) atoms. The summed E-state index contributed by atoms with van der Waals surface area (Å²) in [4.78, 5) is 13.8. The topological polar surface area (TPSA) is 46.5 Å². The van der Waals surface area contributed by atoms with Gasteiger partial charge in [-0.05, 0) is 79.1 Å². The Morgan fingerprint density at radius 2 is 1.65 bits per heavy atom. The highest BCUT2D eigenvalue weighted by Crippen LogP contribution is 2.60. The maximum absolute atomic E-state index is 13.8. The van der Waals surface area contributed by atoms with Crippen LogP contribution in [0.2, 0.25) is 0 Å². The van der Waals surface area contributed by atoms with E-state index in [1.165, 1.54) is 24.3 Å². The molecule has 2 saturated carbocycles. The zero-order valence-corrected chi connectivity index (χ0v) is 17.3. The Labute approximate surface area is 180 Å². The van der Waals surface area contributed by atoms with Crippen molar-refractivity contribution in [3.8, 4) is 0 Å². The zero-order valence-electron chi connectivity index (χ0n) is 17.3. The number of Topliss-reactive ketones (excluding diaryl/α,β-unsaturated/α-hetero) is 1. The van der Waals surface area contributed by atoms with Gasteiger partial charge in [0.2, 0.25) is 0 Å². The Balaban J connectivity index is 1.54. The van der Waals surface area contributed by atoms with Gasteiger partial charge < -0.3 is 9.84 Å². The average Bonchev–Trinajstić information content (AvgIpc) is 3.06. The average molecular weight is 424 g/mol. The molecule has 2 aliphatic carbocycles. The minimum absolute atomic E-state index is 0.0266. The molecule has 0 radical (unpaired) electrons. The minimum atomic E-state index is -1.24. The van der Waals surface area contributed by atoms with Gasteiger partial charge in [0, 0.05) is 12.3 Å². The van der Waals surface area contributed by atoms with Crippen molar-refractivity contribution in [2.45, 2.75) is 56.8 Å². The van der Waals surface area contributed by atoms with Gasteiger partial charge in [-0.3, -0.25) is 4.79 Å². The Morgan fingerprint density at radius 3 is 2.35 bits per heavy atom. The summed E-state index contributed by atoms with van der Waals surface area (Å²) in [5.74, 6) is -1.97. The van der Waals surface area contributed by atoms with E-state index >= 15 is 0 Å². The molecule has 1 N–H and O–H groups in total. The van der Waals surface area contributed by atoms with E-state index < -0.39 is 17.3 Å². The molecule has 1 aliphatic heterocycles. The number of fused-ring (bicyclic) bond motifs is 1. The molecule has 0 bridgehead atoms. The van der Waals surface area contributed by atoms with Crippen LogP contribution < -0.4 is 0 Å². The lowest BCUT2D eigenvalue weighted by atomic mass is 9.63. The first-order valence-electron chi connectivity index (χ1n) is 11.1. The summed E-state index contributed by atoms with van der Waals surface area (Å²) in [6.07, 6.45) is 6.27. The summed E-state index contributed by atoms with van der Waals surface area (Å²) in [7, 11) is 0. The van der Waals surface area contributed by atoms with Crippen molar-refractivity contribution in [3.05, 3.63) is 76.9 Å². The third kappa shape index (κ3) is 3.54. The zero-order chi connectivity index (χ0) is 21.6. The largest absolute Gasteiger partial charge is 0.365 e. The molecular formula is C26H26F2O3. The molecule has 1 saturated heterocycles. The predicted octanol–water partition coefficient (Wildman–Crippen LogP) is 5.74. The number of hydrogen-bond donors (Lipinski definition) is 1. The standard InChI is InChI=1S/C26H26F2O3/c27-21-8-4-17(5-9-21)15-19-12-14-25(23(19)29)16-20-3-1-2-13-26(20,30)31-24(25)18-6-10-22(28)11-7-18/h4-11,15,20,24,30H,1-3,12-14,16H2/b19-15+/t20-,24+,25-,26+/m0/s1. The van der Waals surface area contributed by atoms with Gasteiger partial charge in [0.15, 0.2) is 11.6 Å². The maximum atomic E-state index is 13.8. The number of aliphatic hydroxyl groups is 1. The molecule has 2 aromatic carbocycles. The lowest BCUT2D eigenvalue weighted by Crippen LogP contribution is -2.55. The van der Waals surface area contributed by atoms with Gasteiger partial charge >= 0.3 is 0 Å². The second-order valence-corrected chi connectivity index (χ2v) is 9.25. The van der Waals surface area contributed by atoms with E-state index in [-0.39, 0.29) is 23.3 Å². The van der Waals surface area contributed by atoms with Gasteiger partial charge in [0.05, 0.1) is 11.5 Å². The van der Waals surface area contributed by atoms with Crippen LogP contribution in [-0.4, -0.2) is 16.7 Å². The van der Waals surface area contributed by atoms with E-state index in [2.05, 4.69) is 0 Å². The van der Waals surface area contributed by atoms with Crippen LogP contribution in [0.1, 0.15) is 62.2 Å². The number of hydrogen-bond acceptors (Lipinski definition) is 3. The van der Waals surface area contributed by atoms with Crippen molar-refractivity contribution in [2.24, 2.45) is 11.3 Å². The van der Waals surface area contributed by atoms with Gasteiger partial charge in [0.25, 0.3) is 0 Å². The summed E-state index contributed by atoms with van der Waals surface area (Å²) < 4.78 is 33.2. The molecule has 2 aromatic rings. The van der Waals surface area contributed by atoms with Gasteiger partial charge in [-0.25, -0.2) is 8.78 Å². The number of benzene rings is 2. The van der Waals surface area contributed by atoms with Gasteiger partial charge in [0.1, 0.15) is 11.6 Å². The summed E-state index contributed by atoms with van der Waals surface area (Å²) >= 11 is 0. The van der Waals surface area contributed by atoms with Crippen LogP contribution in [0.5, 0.6) is 0 Å². The van der Waals surface area contributed by atoms with Crippen LogP contribution in [0.4, 0.5) is 8.78 Å². The normalized spacial score (nSPS) is 34.3. The molecule has 3 nitrogen and oxygen atoms in total. The first-order chi connectivity index (χ1) is 14.9. The fourth-order valence-electron chi connectivity index (χ4n) is 5.75. The first kappa shape index (κ1) is 20.5. The molecule has 3 fully saturated rings. The highest BCUT2D eigenvalue weighted by Gasteiger charge is 2.61. The molecular weight excluding hydrogens is 398 g/mol. The van der Waals surface area contributed by atoms with Crippen LogP contribution in [-0.2, 0) is 9.53 Å². The third-order valence-electron chi connectivity index (χ3n) is 7.38. The number of halogens is 2. The van der Waals surface area contributed by atoms with Crippen LogP contribution in [0, 0.1) is 23.0 Å². The molecule has 5 rings (SSSR count).